The maximum atomic E-state index is 6.34. The molecule has 1 aromatic heterocycles. The second-order valence-electron chi connectivity index (χ2n) is 10.7. The zero-order valence-electron chi connectivity index (χ0n) is 23.8. The molecule has 0 aliphatic carbocycles. The van der Waals surface area contributed by atoms with E-state index in [0.717, 1.165) is 56.2 Å². The number of nitrogens with zero attached hydrogens (tertiary/aromatic N) is 2. The van der Waals surface area contributed by atoms with Gasteiger partial charge in [0.2, 0.25) is 0 Å². The molecule has 212 valence electrons. The van der Waals surface area contributed by atoms with Gasteiger partial charge in [-0.05, 0) is 63.0 Å². The van der Waals surface area contributed by atoms with Gasteiger partial charge in [0.1, 0.15) is 11.0 Å². The van der Waals surface area contributed by atoms with Crippen LogP contribution < -0.4 is 9.47 Å². The Bertz CT molecular complexity index is 877. The lowest BCUT2D eigenvalue weighted by atomic mass is 9.90. The number of ether oxygens (including phenoxy) is 2. The molecular formula is C30H50Br2N2O2S. The number of halogens is 2. The predicted octanol–water partition coefficient (Wildman–Crippen LogP) is 11.5. The van der Waals surface area contributed by atoms with Crippen LogP contribution in [0.15, 0.2) is 8.95 Å². The second-order valence-corrected chi connectivity index (χ2v) is 12.8. The van der Waals surface area contributed by atoms with Gasteiger partial charge in [0.15, 0.2) is 11.5 Å². The van der Waals surface area contributed by atoms with Crippen molar-refractivity contribution < 1.29 is 9.47 Å². The monoisotopic (exact) mass is 660 g/mol. The number of aromatic nitrogens is 2. The molecule has 1 heterocycles. The summed E-state index contributed by atoms with van der Waals surface area (Å²) in [5, 5.41) is 0. The van der Waals surface area contributed by atoms with Crippen LogP contribution in [0.3, 0.4) is 0 Å². The Morgan fingerprint density at radius 3 is 1.68 bits per heavy atom. The van der Waals surface area contributed by atoms with Gasteiger partial charge in [-0.2, -0.15) is 8.75 Å². The van der Waals surface area contributed by atoms with Gasteiger partial charge in [0.05, 0.1) is 33.9 Å². The molecule has 2 unspecified atom stereocenters. The fourth-order valence-electron chi connectivity index (χ4n) is 4.79. The minimum Gasteiger partial charge on any atom is -0.488 e. The Morgan fingerprint density at radius 2 is 1.14 bits per heavy atom. The smallest absolute Gasteiger partial charge is 0.178 e. The molecule has 0 N–H and O–H groups in total. The largest absolute Gasteiger partial charge is 0.488 e. The van der Waals surface area contributed by atoms with E-state index in [0.29, 0.717) is 13.2 Å². The van der Waals surface area contributed by atoms with Crippen LogP contribution in [0, 0.1) is 11.8 Å². The van der Waals surface area contributed by atoms with Gasteiger partial charge in [0, 0.05) is 0 Å². The average Bonchev–Trinajstić information content (AvgIpc) is 3.40. The first-order valence-electron chi connectivity index (χ1n) is 14.9. The summed E-state index contributed by atoms with van der Waals surface area (Å²) in [6.07, 6.45) is 20.7. The SMILES string of the molecule is CCCCCCC(CCCC)CCCCCOc1c(OCCCCC(C)CC)c(Br)c2nsnc2c1Br. The van der Waals surface area contributed by atoms with Crippen molar-refractivity contribution in [3.8, 4) is 11.5 Å². The van der Waals surface area contributed by atoms with Crippen molar-refractivity contribution in [3.63, 3.8) is 0 Å². The molecule has 0 aliphatic rings. The first kappa shape index (κ1) is 32.8. The summed E-state index contributed by atoms with van der Waals surface area (Å²) in [7, 11) is 0. The molecule has 37 heavy (non-hydrogen) atoms. The van der Waals surface area contributed by atoms with Crippen molar-refractivity contribution in [2.24, 2.45) is 11.8 Å². The highest BCUT2D eigenvalue weighted by molar-refractivity contribution is 9.11. The standard InChI is InChI=1S/C30H50Br2N2O2S/c1-5-8-10-12-19-24(18-9-6-2)20-13-11-15-21-35-29-25(31)27-28(34-37-33-27)26(32)30(29)36-22-16-14-17-23(4)7-3/h23-24H,5-22H2,1-4H3. The summed E-state index contributed by atoms with van der Waals surface area (Å²) in [6, 6.07) is 0. The van der Waals surface area contributed by atoms with E-state index < -0.39 is 0 Å². The van der Waals surface area contributed by atoms with Crippen LogP contribution in [0.25, 0.3) is 11.0 Å². The number of rotatable bonds is 22. The molecule has 2 aromatic rings. The van der Waals surface area contributed by atoms with E-state index in [9.17, 15) is 0 Å². The van der Waals surface area contributed by atoms with E-state index in [4.69, 9.17) is 9.47 Å². The molecule has 0 fully saturated rings. The molecule has 4 nitrogen and oxygen atoms in total. The summed E-state index contributed by atoms with van der Waals surface area (Å²) in [5.74, 6) is 3.19. The summed E-state index contributed by atoms with van der Waals surface area (Å²) < 4.78 is 23.3. The molecular weight excluding hydrogens is 612 g/mol. The normalized spacial score (nSPS) is 13.2. The van der Waals surface area contributed by atoms with E-state index >= 15 is 0 Å². The fraction of sp³-hybridized carbons (Fsp3) is 0.800. The molecule has 0 aliphatic heterocycles. The highest BCUT2D eigenvalue weighted by Crippen LogP contribution is 2.47. The Balaban J connectivity index is 1.86. The first-order chi connectivity index (χ1) is 18.0. The number of fused-ring (bicyclic) bond motifs is 1. The Labute approximate surface area is 247 Å². The lowest BCUT2D eigenvalue weighted by Gasteiger charge is -2.18. The molecule has 2 atom stereocenters. The van der Waals surface area contributed by atoms with Crippen LogP contribution in [0.1, 0.15) is 130 Å². The third kappa shape index (κ3) is 11.7. The summed E-state index contributed by atoms with van der Waals surface area (Å²) in [4.78, 5) is 0. The first-order valence-corrected chi connectivity index (χ1v) is 17.2. The molecule has 0 spiro atoms. The van der Waals surface area contributed by atoms with Crippen LogP contribution in [0.5, 0.6) is 11.5 Å². The predicted molar refractivity (Wildman–Crippen MR) is 167 cm³/mol. The molecule has 0 saturated carbocycles. The van der Waals surface area contributed by atoms with Crippen LogP contribution in [0.4, 0.5) is 0 Å². The topological polar surface area (TPSA) is 44.2 Å². The van der Waals surface area contributed by atoms with Crippen molar-refractivity contribution in [2.45, 2.75) is 130 Å². The summed E-state index contributed by atoms with van der Waals surface area (Å²) in [6.45, 7) is 10.6. The molecule has 1 aromatic carbocycles. The van der Waals surface area contributed by atoms with Gasteiger partial charge in [0.25, 0.3) is 0 Å². The molecule has 7 heteroatoms. The molecule has 0 bridgehead atoms. The van der Waals surface area contributed by atoms with Crippen molar-refractivity contribution in [3.05, 3.63) is 8.95 Å². The van der Waals surface area contributed by atoms with Gasteiger partial charge in [-0.1, -0.05) is 111 Å². The van der Waals surface area contributed by atoms with E-state index in [1.54, 1.807) is 0 Å². The lowest BCUT2D eigenvalue weighted by molar-refractivity contribution is 0.254. The van der Waals surface area contributed by atoms with Crippen LogP contribution in [-0.2, 0) is 0 Å². The third-order valence-corrected chi connectivity index (χ3v) is 9.48. The van der Waals surface area contributed by atoms with Crippen molar-refractivity contribution in [2.75, 3.05) is 13.2 Å². The number of hydrogen-bond acceptors (Lipinski definition) is 5. The van der Waals surface area contributed by atoms with Gasteiger partial charge < -0.3 is 9.47 Å². The maximum Gasteiger partial charge on any atom is 0.178 e. The highest BCUT2D eigenvalue weighted by atomic mass is 79.9. The van der Waals surface area contributed by atoms with E-state index in [-0.39, 0.29) is 0 Å². The Hall–Kier alpha value is -0.400. The van der Waals surface area contributed by atoms with E-state index in [1.807, 2.05) is 0 Å². The maximum absolute atomic E-state index is 6.34. The van der Waals surface area contributed by atoms with Crippen LogP contribution in [0.2, 0.25) is 0 Å². The second kappa shape index (κ2) is 19.6. The van der Waals surface area contributed by atoms with Crippen LogP contribution >= 0.6 is 43.6 Å². The van der Waals surface area contributed by atoms with Gasteiger partial charge in [-0.25, -0.2) is 0 Å². The molecule has 0 saturated heterocycles. The average molecular weight is 663 g/mol. The summed E-state index contributed by atoms with van der Waals surface area (Å²) >= 11 is 8.68. The highest BCUT2D eigenvalue weighted by Gasteiger charge is 2.22. The lowest BCUT2D eigenvalue weighted by Crippen LogP contribution is -2.06. The van der Waals surface area contributed by atoms with Gasteiger partial charge >= 0.3 is 0 Å². The summed E-state index contributed by atoms with van der Waals surface area (Å²) in [5.41, 5.74) is 1.66. The van der Waals surface area contributed by atoms with Crippen molar-refractivity contribution >= 4 is 54.6 Å². The number of hydrogen-bond donors (Lipinski definition) is 0. The quantitative estimate of drug-likeness (QED) is 0.118. The third-order valence-electron chi connectivity index (χ3n) is 7.48. The minimum absolute atomic E-state index is 0.679. The van der Waals surface area contributed by atoms with E-state index in [2.05, 4.69) is 68.3 Å². The molecule has 0 amide bonds. The van der Waals surface area contributed by atoms with Crippen molar-refractivity contribution in [1.82, 2.24) is 8.75 Å². The minimum atomic E-state index is 0.679. The Morgan fingerprint density at radius 1 is 0.649 bits per heavy atom. The number of benzene rings is 1. The number of unbranched alkanes of at least 4 members (excludes halogenated alkanes) is 7. The fourth-order valence-corrected chi connectivity index (χ4v) is 6.73. The van der Waals surface area contributed by atoms with Crippen molar-refractivity contribution in [1.29, 1.82) is 0 Å². The zero-order valence-corrected chi connectivity index (χ0v) is 27.7. The van der Waals surface area contributed by atoms with Crippen LogP contribution in [-0.4, -0.2) is 22.0 Å². The van der Waals surface area contributed by atoms with E-state index in [1.165, 1.54) is 102 Å². The molecule has 2 rings (SSSR count). The van der Waals surface area contributed by atoms with Gasteiger partial charge in [-0.15, -0.1) is 0 Å². The zero-order chi connectivity index (χ0) is 26.9. The Kier molecular flexibility index (Phi) is 17.4. The van der Waals surface area contributed by atoms with Gasteiger partial charge in [-0.3, -0.25) is 0 Å². The molecule has 0 radical (unpaired) electrons.